The molecule has 1 aliphatic rings. The molecule has 3 nitrogen and oxygen atoms in total. The first-order valence-electron chi connectivity index (χ1n) is 7.98. The highest BCUT2D eigenvalue weighted by Gasteiger charge is 2.30. The summed E-state index contributed by atoms with van der Waals surface area (Å²) in [4.78, 5) is 2.54. The minimum atomic E-state index is 0.262. The van der Waals surface area contributed by atoms with E-state index >= 15 is 0 Å². The molecule has 22 heavy (non-hydrogen) atoms. The quantitative estimate of drug-likeness (QED) is 0.461. The van der Waals surface area contributed by atoms with Gasteiger partial charge < -0.3 is 0 Å². The average molecular weight is 297 g/mol. The second kappa shape index (κ2) is 8.69. The van der Waals surface area contributed by atoms with Crippen LogP contribution in [0.3, 0.4) is 0 Å². The van der Waals surface area contributed by atoms with Crippen LogP contribution in [0.5, 0.6) is 0 Å². The highest BCUT2D eigenvalue weighted by Crippen LogP contribution is 2.33. The Morgan fingerprint density at radius 2 is 2.23 bits per heavy atom. The molecule has 0 aliphatic carbocycles. The summed E-state index contributed by atoms with van der Waals surface area (Å²) in [5.41, 5.74) is 5.37. The van der Waals surface area contributed by atoms with Gasteiger partial charge >= 0.3 is 0 Å². The van der Waals surface area contributed by atoms with Gasteiger partial charge in [-0.05, 0) is 36.9 Å². The molecule has 0 aromatic heterocycles. The Balaban J connectivity index is 2.28. The van der Waals surface area contributed by atoms with Gasteiger partial charge in [0.1, 0.15) is 0 Å². The van der Waals surface area contributed by atoms with E-state index in [0.29, 0.717) is 5.92 Å². The Morgan fingerprint density at radius 1 is 1.45 bits per heavy atom. The molecule has 1 heterocycles. The van der Waals surface area contributed by atoms with E-state index in [1.165, 1.54) is 17.6 Å². The highest BCUT2D eigenvalue weighted by molar-refractivity contribution is 5.36. The van der Waals surface area contributed by atoms with Crippen LogP contribution in [-0.2, 0) is 0 Å². The zero-order chi connectivity index (χ0) is 15.8. The standard InChI is InChI=1S/C19H27N3/c1-3-5-9-17(4-2)19(18-10-7-6-8-11-18)22-13-12-16(15-22)14-21-20/h3-11,16,19,21H,2,12-15,20H2,1H3/b5-3-,17-9+. The van der Waals surface area contributed by atoms with Gasteiger partial charge in [-0.3, -0.25) is 16.2 Å². The molecule has 0 bridgehead atoms. The molecule has 0 spiro atoms. The van der Waals surface area contributed by atoms with Gasteiger partial charge in [-0.25, -0.2) is 0 Å². The molecule has 118 valence electrons. The number of hydrogen-bond donors (Lipinski definition) is 2. The predicted molar refractivity (Wildman–Crippen MR) is 94.1 cm³/mol. The van der Waals surface area contributed by atoms with E-state index in [1.54, 1.807) is 0 Å². The molecule has 2 unspecified atom stereocenters. The Morgan fingerprint density at radius 3 is 2.86 bits per heavy atom. The van der Waals surface area contributed by atoms with Gasteiger partial charge in [0, 0.05) is 13.1 Å². The lowest BCUT2D eigenvalue weighted by Gasteiger charge is -2.29. The Labute approximate surface area is 134 Å². The van der Waals surface area contributed by atoms with Crippen molar-refractivity contribution in [2.45, 2.75) is 19.4 Å². The SMILES string of the molecule is C=C/C(=C\C=C/C)C(c1ccccc1)N1CCC(CNN)C1. The molecule has 1 aliphatic heterocycles. The number of nitrogens with two attached hydrogens (primary N) is 1. The second-order valence-corrected chi connectivity index (χ2v) is 5.77. The molecular weight excluding hydrogens is 270 g/mol. The van der Waals surface area contributed by atoms with Crippen LogP contribution in [0, 0.1) is 5.92 Å². The topological polar surface area (TPSA) is 41.3 Å². The number of likely N-dealkylation sites (tertiary alicyclic amines) is 1. The third-order valence-corrected chi connectivity index (χ3v) is 4.24. The summed E-state index contributed by atoms with van der Waals surface area (Å²) in [6.45, 7) is 9.09. The third kappa shape index (κ3) is 4.17. The van der Waals surface area contributed by atoms with Crippen molar-refractivity contribution in [2.75, 3.05) is 19.6 Å². The van der Waals surface area contributed by atoms with Crippen molar-refractivity contribution in [1.29, 1.82) is 0 Å². The summed E-state index contributed by atoms with van der Waals surface area (Å²) in [5.74, 6) is 6.10. The summed E-state index contributed by atoms with van der Waals surface area (Å²) in [6.07, 6.45) is 9.46. The zero-order valence-corrected chi connectivity index (χ0v) is 13.4. The number of hydrazine groups is 1. The van der Waals surface area contributed by atoms with Gasteiger partial charge in [-0.2, -0.15) is 0 Å². The normalized spacial score (nSPS) is 21.4. The number of nitrogens with zero attached hydrogens (tertiary/aromatic N) is 1. The van der Waals surface area contributed by atoms with E-state index in [4.69, 9.17) is 5.84 Å². The number of nitrogens with one attached hydrogen (secondary N) is 1. The van der Waals surface area contributed by atoms with Crippen molar-refractivity contribution in [3.63, 3.8) is 0 Å². The van der Waals surface area contributed by atoms with Crippen molar-refractivity contribution in [2.24, 2.45) is 11.8 Å². The van der Waals surface area contributed by atoms with E-state index < -0.39 is 0 Å². The zero-order valence-electron chi connectivity index (χ0n) is 13.4. The van der Waals surface area contributed by atoms with E-state index in [0.717, 1.165) is 19.6 Å². The predicted octanol–water partition coefficient (Wildman–Crippen LogP) is 3.20. The van der Waals surface area contributed by atoms with Crippen molar-refractivity contribution in [1.82, 2.24) is 10.3 Å². The van der Waals surface area contributed by atoms with E-state index in [2.05, 4.69) is 65.5 Å². The van der Waals surface area contributed by atoms with Crippen LogP contribution in [-0.4, -0.2) is 24.5 Å². The molecule has 1 aromatic rings. The maximum Gasteiger partial charge on any atom is 0.0601 e. The smallest absolute Gasteiger partial charge is 0.0601 e. The van der Waals surface area contributed by atoms with Gasteiger partial charge in [-0.1, -0.05) is 61.2 Å². The molecule has 3 N–H and O–H groups in total. The molecule has 0 amide bonds. The van der Waals surface area contributed by atoms with Crippen LogP contribution in [0.1, 0.15) is 24.9 Å². The van der Waals surface area contributed by atoms with E-state index in [9.17, 15) is 0 Å². The average Bonchev–Trinajstić information content (AvgIpc) is 3.00. The van der Waals surface area contributed by atoms with Crippen molar-refractivity contribution in [3.8, 4) is 0 Å². The first-order valence-corrected chi connectivity index (χ1v) is 7.98. The number of hydrogen-bond acceptors (Lipinski definition) is 3. The first kappa shape index (κ1) is 16.7. The molecule has 3 heteroatoms. The van der Waals surface area contributed by atoms with Crippen LogP contribution >= 0.6 is 0 Å². The van der Waals surface area contributed by atoms with Crippen molar-refractivity contribution >= 4 is 0 Å². The molecule has 1 aromatic carbocycles. The summed E-state index contributed by atoms with van der Waals surface area (Å²) < 4.78 is 0. The molecule has 2 atom stereocenters. The van der Waals surface area contributed by atoms with Crippen LogP contribution in [0.15, 0.2) is 66.8 Å². The molecule has 1 fully saturated rings. The molecule has 0 radical (unpaired) electrons. The summed E-state index contributed by atoms with van der Waals surface area (Å²) in [6, 6.07) is 10.9. The van der Waals surface area contributed by atoms with Crippen molar-refractivity contribution < 1.29 is 0 Å². The van der Waals surface area contributed by atoms with Gasteiger partial charge in [-0.15, -0.1) is 0 Å². The minimum absolute atomic E-state index is 0.262. The fourth-order valence-electron chi connectivity index (χ4n) is 3.16. The fourth-order valence-corrected chi connectivity index (χ4v) is 3.16. The first-order chi connectivity index (χ1) is 10.8. The Hall–Kier alpha value is -1.68. The Kier molecular flexibility index (Phi) is 6.59. The number of benzene rings is 1. The monoisotopic (exact) mass is 297 g/mol. The fraction of sp³-hybridized carbons (Fsp3) is 0.368. The molecule has 1 saturated heterocycles. The third-order valence-electron chi connectivity index (χ3n) is 4.24. The molecule has 2 rings (SSSR count). The number of allylic oxidation sites excluding steroid dienone is 3. The number of rotatable bonds is 7. The lowest BCUT2D eigenvalue weighted by molar-refractivity contribution is 0.268. The van der Waals surface area contributed by atoms with Gasteiger partial charge in [0.25, 0.3) is 0 Å². The molecular formula is C19H27N3. The second-order valence-electron chi connectivity index (χ2n) is 5.77. The largest absolute Gasteiger partial charge is 0.292 e. The van der Waals surface area contributed by atoms with Gasteiger partial charge in [0.05, 0.1) is 6.04 Å². The lowest BCUT2D eigenvalue weighted by atomic mass is 9.96. The van der Waals surface area contributed by atoms with Gasteiger partial charge in [0.2, 0.25) is 0 Å². The van der Waals surface area contributed by atoms with E-state index in [-0.39, 0.29) is 6.04 Å². The van der Waals surface area contributed by atoms with Crippen LogP contribution in [0.2, 0.25) is 0 Å². The highest BCUT2D eigenvalue weighted by atomic mass is 15.2. The minimum Gasteiger partial charge on any atom is -0.292 e. The summed E-state index contributed by atoms with van der Waals surface area (Å²) >= 11 is 0. The van der Waals surface area contributed by atoms with Gasteiger partial charge in [0.15, 0.2) is 0 Å². The summed E-state index contributed by atoms with van der Waals surface area (Å²) in [7, 11) is 0. The lowest BCUT2D eigenvalue weighted by Crippen LogP contribution is -2.32. The maximum absolute atomic E-state index is 5.49. The maximum atomic E-state index is 5.49. The Bertz CT molecular complexity index is 519. The van der Waals surface area contributed by atoms with Crippen LogP contribution < -0.4 is 11.3 Å². The van der Waals surface area contributed by atoms with Crippen molar-refractivity contribution in [3.05, 3.63) is 72.4 Å². The van der Waals surface area contributed by atoms with Crippen LogP contribution in [0.4, 0.5) is 0 Å². The summed E-state index contributed by atoms with van der Waals surface area (Å²) in [5, 5.41) is 0. The van der Waals surface area contributed by atoms with E-state index in [1.807, 2.05) is 13.0 Å². The van der Waals surface area contributed by atoms with Crippen LogP contribution in [0.25, 0.3) is 0 Å². The molecule has 0 saturated carbocycles.